The fourth-order valence-electron chi connectivity index (χ4n) is 3.37. The molecule has 1 aromatic carbocycles. The predicted molar refractivity (Wildman–Crippen MR) is 120 cm³/mol. The summed E-state index contributed by atoms with van der Waals surface area (Å²) in [5.41, 5.74) is 1.17. The summed E-state index contributed by atoms with van der Waals surface area (Å²) >= 11 is 0. The molecule has 3 N–H and O–H groups in total. The van der Waals surface area contributed by atoms with Gasteiger partial charge in [-0.05, 0) is 31.0 Å². The van der Waals surface area contributed by atoms with E-state index in [2.05, 4.69) is 44.9 Å². The summed E-state index contributed by atoms with van der Waals surface area (Å²) < 4.78 is 10.8. The number of likely N-dealkylation sites (tertiary alicyclic amines) is 1. The van der Waals surface area contributed by atoms with Crippen molar-refractivity contribution in [2.24, 2.45) is 10.9 Å². The zero-order valence-corrected chi connectivity index (χ0v) is 19.0. The van der Waals surface area contributed by atoms with Crippen LogP contribution in [0.15, 0.2) is 23.2 Å². The summed E-state index contributed by atoms with van der Waals surface area (Å²) in [6.45, 7) is 10.5. The Balaban J connectivity index is 1.85. The second-order valence-electron chi connectivity index (χ2n) is 7.79. The summed E-state index contributed by atoms with van der Waals surface area (Å²) in [5, 5.41) is 9.71. The van der Waals surface area contributed by atoms with Gasteiger partial charge in [-0.1, -0.05) is 13.8 Å². The van der Waals surface area contributed by atoms with Gasteiger partial charge in [0.15, 0.2) is 5.96 Å². The summed E-state index contributed by atoms with van der Waals surface area (Å²) in [6.07, 6.45) is 1.05. The Kier molecular flexibility index (Phi) is 9.73. The molecule has 1 aliphatic heterocycles. The molecule has 0 spiro atoms. The number of amides is 1. The standard InChI is InChI=1S/C22H37N5O3/c1-6-23-22(25-9-8-24-21(28)16(2)3)26-18-7-10-27(15-18)14-17-11-19(29-4)13-20(12-17)30-5/h11-13,16,18H,6-10,14-15H2,1-5H3,(H,24,28)(H2,23,25,26). The lowest BCUT2D eigenvalue weighted by atomic mass is 10.2. The molecular weight excluding hydrogens is 382 g/mol. The maximum absolute atomic E-state index is 11.6. The first-order valence-corrected chi connectivity index (χ1v) is 10.7. The number of carbonyl (C=O) groups is 1. The van der Waals surface area contributed by atoms with E-state index in [4.69, 9.17) is 9.47 Å². The van der Waals surface area contributed by atoms with Crippen molar-refractivity contribution in [3.8, 4) is 11.5 Å². The highest BCUT2D eigenvalue weighted by atomic mass is 16.5. The van der Waals surface area contributed by atoms with Crippen LogP contribution in [0.4, 0.5) is 0 Å². The Labute approximate surface area is 180 Å². The number of nitrogens with zero attached hydrogens (tertiary/aromatic N) is 2. The normalized spacial score (nSPS) is 17.1. The molecular formula is C22H37N5O3. The number of guanidine groups is 1. The van der Waals surface area contributed by atoms with E-state index in [1.54, 1.807) is 14.2 Å². The van der Waals surface area contributed by atoms with Crippen LogP contribution in [0.3, 0.4) is 0 Å². The molecule has 1 saturated heterocycles. The number of benzene rings is 1. The van der Waals surface area contributed by atoms with Gasteiger partial charge in [-0.3, -0.25) is 14.7 Å². The van der Waals surface area contributed by atoms with Crippen molar-refractivity contribution in [3.63, 3.8) is 0 Å². The van der Waals surface area contributed by atoms with Crippen molar-refractivity contribution in [1.82, 2.24) is 20.9 Å². The Morgan fingerprint density at radius 1 is 1.20 bits per heavy atom. The van der Waals surface area contributed by atoms with Crippen molar-refractivity contribution < 1.29 is 14.3 Å². The van der Waals surface area contributed by atoms with Crippen molar-refractivity contribution in [2.45, 2.75) is 39.8 Å². The predicted octanol–water partition coefficient (Wildman–Crippen LogP) is 1.61. The first-order valence-electron chi connectivity index (χ1n) is 10.7. The lowest BCUT2D eigenvalue weighted by Crippen LogP contribution is -2.45. The number of rotatable bonds is 10. The zero-order chi connectivity index (χ0) is 21.9. The number of ether oxygens (including phenoxy) is 2. The van der Waals surface area contributed by atoms with Crippen LogP contribution in [0.25, 0.3) is 0 Å². The summed E-state index contributed by atoms with van der Waals surface area (Å²) in [5.74, 6) is 2.47. The second-order valence-corrected chi connectivity index (χ2v) is 7.79. The molecule has 0 bridgehead atoms. The van der Waals surface area contributed by atoms with E-state index in [0.717, 1.165) is 50.1 Å². The van der Waals surface area contributed by atoms with Crippen molar-refractivity contribution in [3.05, 3.63) is 23.8 Å². The van der Waals surface area contributed by atoms with Crippen LogP contribution in [0, 0.1) is 5.92 Å². The van der Waals surface area contributed by atoms with Gasteiger partial charge in [-0.15, -0.1) is 0 Å². The zero-order valence-electron chi connectivity index (χ0n) is 19.0. The monoisotopic (exact) mass is 419 g/mol. The third-order valence-electron chi connectivity index (χ3n) is 4.98. The minimum absolute atomic E-state index is 0.00522. The Morgan fingerprint density at radius 3 is 2.50 bits per heavy atom. The number of nitrogens with one attached hydrogen (secondary N) is 3. The van der Waals surface area contributed by atoms with Crippen LogP contribution >= 0.6 is 0 Å². The molecule has 1 fully saturated rings. The molecule has 0 aliphatic carbocycles. The summed E-state index contributed by atoms with van der Waals surface area (Å²) in [6, 6.07) is 6.33. The molecule has 8 nitrogen and oxygen atoms in total. The minimum atomic E-state index is -0.00522. The van der Waals surface area contributed by atoms with Crippen LogP contribution in [-0.4, -0.2) is 69.8 Å². The van der Waals surface area contributed by atoms with Crippen LogP contribution in [0.2, 0.25) is 0 Å². The van der Waals surface area contributed by atoms with Crippen LogP contribution < -0.4 is 25.4 Å². The van der Waals surface area contributed by atoms with E-state index in [1.807, 2.05) is 19.9 Å². The number of hydrogen-bond donors (Lipinski definition) is 3. The SMILES string of the molecule is CCNC(=NCCNC(=O)C(C)C)NC1CCN(Cc2cc(OC)cc(OC)c2)C1. The number of aliphatic imine (C=N–C) groups is 1. The molecule has 0 saturated carbocycles. The maximum atomic E-state index is 11.6. The van der Waals surface area contributed by atoms with E-state index in [1.165, 1.54) is 5.56 Å². The highest BCUT2D eigenvalue weighted by molar-refractivity contribution is 5.80. The Bertz CT molecular complexity index is 686. The molecule has 1 unspecified atom stereocenters. The molecule has 30 heavy (non-hydrogen) atoms. The van der Waals surface area contributed by atoms with E-state index in [9.17, 15) is 4.79 Å². The van der Waals surface area contributed by atoms with Crippen LogP contribution in [-0.2, 0) is 11.3 Å². The molecule has 1 heterocycles. The van der Waals surface area contributed by atoms with Gasteiger partial charge in [0.05, 0.1) is 20.8 Å². The summed E-state index contributed by atoms with van der Waals surface area (Å²) in [4.78, 5) is 18.7. The van der Waals surface area contributed by atoms with Gasteiger partial charge in [0.25, 0.3) is 0 Å². The van der Waals surface area contributed by atoms with E-state index in [-0.39, 0.29) is 11.8 Å². The molecule has 1 aliphatic rings. The van der Waals surface area contributed by atoms with Crippen molar-refractivity contribution >= 4 is 11.9 Å². The van der Waals surface area contributed by atoms with E-state index < -0.39 is 0 Å². The average Bonchev–Trinajstić information content (AvgIpc) is 3.17. The van der Waals surface area contributed by atoms with Gasteiger partial charge in [0.1, 0.15) is 11.5 Å². The number of carbonyl (C=O) groups excluding carboxylic acids is 1. The molecule has 0 aromatic heterocycles. The molecule has 1 amide bonds. The van der Waals surface area contributed by atoms with Gasteiger partial charge >= 0.3 is 0 Å². The second kappa shape index (κ2) is 12.3. The van der Waals surface area contributed by atoms with Gasteiger partial charge < -0.3 is 25.4 Å². The quantitative estimate of drug-likeness (QED) is 0.303. The molecule has 168 valence electrons. The van der Waals surface area contributed by atoms with Crippen molar-refractivity contribution in [2.75, 3.05) is 46.9 Å². The minimum Gasteiger partial charge on any atom is -0.497 e. The first kappa shape index (κ1) is 23.8. The maximum Gasteiger partial charge on any atom is 0.222 e. The van der Waals surface area contributed by atoms with Gasteiger partial charge in [-0.2, -0.15) is 0 Å². The van der Waals surface area contributed by atoms with Crippen LogP contribution in [0.5, 0.6) is 11.5 Å². The molecule has 2 rings (SSSR count). The van der Waals surface area contributed by atoms with Crippen molar-refractivity contribution in [1.29, 1.82) is 0 Å². The van der Waals surface area contributed by atoms with Crippen LogP contribution in [0.1, 0.15) is 32.8 Å². The van der Waals surface area contributed by atoms with Gasteiger partial charge in [-0.25, -0.2) is 0 Å². The van der Waals surface area contributed by atoms with Gasteiger partial charge in [0, 0.05) is 50.7 Å². The first-order chi connectivity index (χ1) is 14.4. The largest absolute Gasteiger partial charge is 0.497 e. The van der Waals surface area contributed by atoms with Gasteiger partial charge in [0.2, 0.25) is 5.91 Å². The number of methoxy groups -OCH3 is 2. The lowest BCUT2D eigenvalue weighted by Gasteiger charge is -2.19. The summed E-state index contributed by atoms with van der Waals surface area (Å²) in [7, 11) is 3.34. The van der Waals surface area contributed by atoms with E-state index >= 15 is 0 Å². The lowest BCUT2D eigenvalue weighted by molar-refractivity contribution is -0.123. The highest BCUT2D eigenvalue weighted by Gasteiger charge is 2.23. The topological polar surface area (TPSA) is 87.2 Å². The molecule has 1 atom stereocenters. The fourth-order valence-corrected chi connectivity index (χ4v) is 3.37. The Hall–Kier alpha value is -2.48. The molecule has 1 aromatic rings. The third-order valence-corrected chi connectivity index (χ3v) is 4.98. The average molecular weight is 420 g/mol. The third kappa shape index (κ3) is 7.74. The Morgan fingerprint density at radius 2 is 1.90 bits per heavy atom. The van der Waals surface area contributed by atoms with E-state index in [0.29, 0.717) is 19.1 Å². The smallest absolute Gasteiger partial charge is 0.222 e. The number of hydrogen-bond acceptors (Lipinski definition) is 5. The fraction of sp³-hybridized carbons (Fsp3) is 0.636. The molecule has 8 heteroatoms. The molecule has 0 radical (unpaired) electrons. The highest BCUT2D eigenvalue weighted by Crippen LogP contribution is 2.24.